The molecule has 0 unspecified atom stereocenters. The van der Waals surface area contributed by atoms with Crippen LogP contribution in [0.25, 0.3) is 0 Å². The highest BCUT2D eigenvalue weighted by Crippen LogP contribution is 2.36. The fourth-order valence-electron chi connectivity index (χ4n) is 1.11. The number of aryl methyl sites for hydroxylation is 2. The van der Waals surface area contributed by atoms with Crippen molar-refractivity contribution in [2.45, 2.75) is 37.3 Å². The monoisotopic (exact) mass is 341 g/mol. The fraction of sp³-hybridized carbons (Fsp3) is 0.700. The van der Waals surface area contributed by atoms with Crippen molar-refractivity contribution in [2.75, 3.05) is 0 Å². The highest BCUT2D eigenvalue weighted by Gasteiger charge is 2.63. The largest absolute Gasteiger partial charge is 0.506 e. The van der Waals surface area contributed by atoms with Crippen LogP contribution in [0.4, 0.5) is 26.3 Å². The lowest BCUT2D eigenvalue weighted by Gasteiger charge is -2.09. The van der Waals surface area contributed by atoms with Gasteiger partial charge >= 0.3 is 20.9 Å². The predicted octanol–water partition coefficient (Wildman–Crippen LogP) is 2.55. The number of hydrogen-bond donors (Lipinski definition) is 0. The van der Waals surface area contributed by atoms with Gasteiger partial charge in [0.1, 0.15) is 12.4 Å². The molecule has 0 spiro atoms. The molecule has 0 atom stereocenters. The third-order valence-electron chi connectivity index (χ3n) is 2.20. The van der Waals surface area contributed by atoms with Crippen molar-refractivity contribution in [3.8, 4) is 0 Å². The van der Waals surface area contributed by atoms with E-state index in [1.165, 1.54) is 12.8 Å². The molecule has 1 rings (SSSR count). The molecule has 0 aliphatic carbocycles. The predicted molar refractivity (Wildman–Crippen MR) is 61.5 cm³/mol. The topological polar surface area (TPSA) is 43.0 Å². The molecule has 21 heavy (non-hydrogen) atoms. The van der Waals surface area contributed by atoms with E-state index in [2.05, 4.69) is 34.8 Å². The second kappa shape index (κ2) is 7.14. The smallest absolute Gasteiger partial charge is 0.240 e. The molecule has 1 aromatic heterocycles. The average Bonchev–Trinajstić information content (AvgIpc) is 2.70. The molecule has 0 N–H and O–H groups in total. The highest BCUT2D eigenvalue weighted by atomic mass is 32.2. The van der Waals surface area contributed by atoms with Crippen molar-refractivity contribution in [1.29, 1.82) is 0 Å². The van der Waals surface area contributed by atoms with Gasteiger partial charge in [0.15, 0.2) is 0 Å². The third-order valence-corrected chi connectivity index (χ3v) is 3.42. The summed E-state index contributed by atoms with van der Waals surface area (Å²) in [4.78, 5) is 0. The van der Waals surface area contributed by atoms with Crippen LogP contribution in [0.15, 0.2) is 18.7 Å². The molecule has 0 aliphatic rings. The molecule has 11 heteroatoms. The Bertz CT molecular complexity index is 512. The van der Waals surface area contributed by atoms with Crippen LogP contribution in [0, 0.1) is 0 Å². The van der Waals surface area contributed by atoms with E-state index in [4.69, 9.17) is 0 Å². The summed E-state index contributed by atoms with van der Waals surface area (Å²) in [6, 6.07) is 0. The Labute approximate surface area is 117 Å². The first-order valence-electron chi connectivity index (χ1n) is 5.71. The van der Waals surface area contributed by atoms with Gasteiger partial charge in [0.05, 0.1) is 13.6 Å². The van der Waals surface area contributed by atoms with Crippen molar-refractivity contribution in [3.05, 3.63) is 18.7 Å². The summed E-state index contributed by atoms with van der Waals surface area (Å²) in [6.45, 7) is 3.36. The van der Waals surface area contributed by atoms with Crippen LogP contribution < -0.4 is 4.57 Å². The highest BCUT2D eigenvalue weighted by molar-refractivity contribution is 7.93. The fourth-order valence-corrected chi connectivity index (χ4v) is 1.37. The van der Waals surface area contributed by atoms with Crippen molar-refractivity contribution >= 4 is 9.84 Å². The molecule has 1 heterocycles. The minimum Gasteiger partial charge on any atom is -0.240 e. The Hall–Kier alpha value is -1.26. The van der Waals surface area contributed by atoms with Crippen LogP contribution in [0.3, 0.4) is 0 Å². The van der Waals surface area contributed by atoms with Gasteiger partial charge in [-0.1, -0.05) is 13.3 Å². The van der Waals surface area contributed by atoms with Gasteiger partial charge in [0.2, 0.25) is 6.33 Å². The van der Waals surface area contributed by atoms with Crippen LogP contribution in [0.1, 0.15) is 19.8 Å². The maximum atomic E-state index is 11.0. The van der Waals surface area contributed by atoms with Crippen LogP contribution in [0.2, 0.25) is 0 Å². The second-order valence-electron chi connectivity index (χ2n) is 4.07. The van der Waals surface area contributed by atoms with Crippen LogP contribution in [0.5, 0.6) is 0 Å². The first-order chi connectivity index (χ1) is 9.33. The SMILES string of the molecule is CCCCn1cc[n+](C)c1.O=S(=O)(C(F)(F)F)C(F)(F)F. The summed E-state index contributed by atoms with van der Waals surface area (Å²) >= 11 is 0. The van der Waals surface area contributed by atoms with Gasteiger partial charge in [-0.3, -0.25) is 0 Å². The van der Waals surface area contributed by atoms with Gasteiger partial charge in [0, 0.05) is 0 Å². The Morgan fingerprint density at radius 3 is 1.81 bits per heavy atom. The standard InChI is InChI=1S/C8H15N2.C2F6O2S/c1-3-4-5-10-7-6-9(2)8-10;3-1(4,5)11(9,10)2(6,7)8/h6-8H,3-5H2,1-2H3;/q+1;. The molecule has 0 aromatic carbocycles. The molecule has 0 fully saturated rings. The van der Waals surface area contributed by atoms with Gasteiger partial charge in [-0.25, -0.2) is 17.6 Å². The molecule has 0 saturated heterocycles. The van der Waals surface area contributed by atoms with Gasteiger partial charge < -0.3 is 0 Å². The van der Waals surface area contributed by atoms with E-state index in [1.54, 1.807) is 0 Å². The number of sulfone groups is 1. The minimum atomic E-state index is -7.01. The van der Waals surface area contributed by atoms with E-state index in [0.717, 1.165) is 6.54 Å². The quantitative estimate of drug-likeness (QED) is 0.626. The summed E-state index contributed by atoms with van der Waals surface area (Å²) in [5.41, 5.74) is -12.5. The molecular weight excluding hydrogens is 326 g/mol. The normalized spacial score (nSPS) is 12.8. The number of unbranched alkanes of at least 4 members (excludes halogenated alkanes) is 1. The zero-order valence-corrected chi connectivity index (χ0v) is 12.1. The van der Waals surface area contributed by atoms with E-state index in [0.29, 0.717) is 0 Å². The number of halogens is 6. The van der Waals surface area contributed by atoms with E-state index < -0.39 is 20.9 Å². The van der Waals surface area contributed by atoms with Crippen LogP contribution >= 0.6 is 0 Å². The third kappa shape index (κ3) is 5.94. The Kier molecular flexibility index (Phi) is 6.71. The van der Waals surface area contributed by atoms with E-state index in [9.17, 15) is 34.8 Å². The Morgan fingerprint density at radius 2 is 1.57 bits per heavy atom. The van der Waals surface area contributed by atoms with Crippen molar-refractivity contribution in [2.24, 2.45) is 7.05 Å². The number of nitrogens with zero attached hydrogens (tertiary/aromatic N) is 2. The van der Waals surface area contributed by atoms with Crippen molar-refractivity contribution in [1.82, 2.24) is 4.57 Å². The molecule has 0 aliphatic heterocycles. The lowest BCUT2D eigenvalue weighted by Crippen LogP contribution is -2.36. The molecule has 0 bridgehead atoms. The van der Waals surface area contributed by atoms with Crippen LogP contribution in [-0.4, -0.2) is 24.0 Å². The van der Waals surface area contributed by atoms with Gasteiger partial charge in [-0.2, -0.15) is 26.3 Å². The number of aromatic nitrogens is 2. The van der Waals surface area contributed by atoms with E-state index >= 15 is 0 Å². The maximum absolute atomic E-state index is 11.0. The molecular formula is C10H15F6N2O2S+. The summed E-state index contributed by atoms with van der Waals surface area (Å²) in [7, 11) is -4.97. The Balaban J connectivity index is 0.000000382. The lowest BCUT2D eigenvalue weighted by molar-refractivity contribution is -0.671. The molecule has 1 aromatic rings. The number of imidazole rings is 1. The minimum absolute atomic E-state index is 1.15. The number of alkyl halides is 6. The number of rotatable bonds is 3. The first kappa shape index (κ1) is 19.7. The summed E-state index contributed by atoms with van der Waals surface area (Å²) < 4.78 is 89.3. The number of hydrogen-bond acceptors (Lipinski definition) is 2. The molecule has 0 radical (unpaired) electrons. The Morgan fingerprint density at radius 1 is 1.10 bits per heavy atom. The first-order valence-corrected chi connectivity index (χ1v) is 7.20. The average molecular weight is 341 g/mol. The lowest BCUT2D eigenvalue weighted by atomic mass is 10.3. The molecule has 0 saturated carbocycles. The second-order valence-corrected chi connectivity index (χ2v) is 6.00. The van der Waals surface area contributed by atoms with E-state index in [1.807, 2.05) is 7.05 Å². The molecule has 124 valence electrons. The van der Waals surface area contributed by atoms with Gasteiger partial charge in [-0.05, 0) is 6.42 Å². The van der Waals surface area contributed by atoms with Gasteiger partial charge in [-0.15, -0.1) is 0 Å². The van der Waals surface area contributed by atoms with Crippen molar-refractivity contribution in [3.63, 3.8) is 0 Å². The zero-order valence-electron chi connectivity index (χ0n) is 11.2. The van der Waals surface area contributed by atoms with Gasteiger partial charge in [0.25, 0.3) is 0 Å². The summed E-state index contributed by atoms with van der Waals surface area (Å²) in [6.07, 6.45) is 8.82. The summed E-state index contributed by atoms with van der Waals surface area (Å²) in [5, 5.41) is 0. The maximum Gasteiger partial charge on any atom is 0.506 e. The van der Waals surface area contributed by atoms with E-state index in [-0.39, 0.29) is 0 Å². The van der Waals surface area contributed by atoms with Crippen LogP contribution in [-0.2, 0) is 23.4 Å². The molecule has 4 nitrogen and oxygen atoms in total. The summed E-state index contributed by atoms with van der Waals surface area (Å²) in [5.74, 6) is 0. The molecule has 0 amide bonds. The van der Waals surface area contributed by atoms with Crippen molar-refractivity contribution < 1.29 is 39.3 Å². The zero-order chi connectivity index (χ0) is 16.9.